The highest BCUT2D eigenvalue weighted by molar-refractivity contribution is 5.60. The molecular weight excluding hydrogens is 336 g/mol. The first-order valence-corrected chi connectivity index (χ1v) is 10.5. The van der Waals surface area contributed by atoms with E-state index in [9.17, 15) is 4.79 Å². The van der Waals surface area contributed by atoms with Gasteiger partial charge in [0.1, 0.15) is 0 Å². The highest BCUT2D eigenvalue weighted by atomic mass is 16.1. The van der Waals surface area contributed by atoms with Crippen LogP contribution in [0.3, 0.4) is 0 Å². The Morgan fingerprint density at radius 3 is 2.56 bits per heavy atom. The summed E-state index contributed by atoms with van der Waals surface area (Å²) in [4.78, 5) is 18.5. The van der Waals surface area contributed by atoms with Gasteiger partial charge in [0.15, 0.2) is 0 Å². The molecule has 2 aromatic heterocycles. The maximum Gasteiger partial charge on any atom is 0.271 e. The van der Waals surface area contributed by atoms with E-state index < -0.39 is 0 Å². The molecule has 1 aliphatic carbocycles. The van der Waals surface area contributed by atoms with E-state index in [2.05, 4.69) is 46.9 Å². The first kappa shape index (κ1) is 18.4. The lowest BCUT2D eigenvalue weighted by atomic mass is 9.94. The zero-order valence-corrected chi connectivity index (χ0v) is 16.9. The standard InChI is InChI=1S/C22H32N4O/c1-14(2)20-17(7-6-12-26-10-4-5-11-26)15(3)23-19(20)13-18-21(16-8-9-16)24-25-22(18)27/h13-14,23-24H,4-12H2,1-3H3,(H,25,27). The number of nitrogens with zero attached hydrogens (tertiary/aromatic N) is 1. The van der Waals surface area contributed by atoms with Crippen LogP contribution in [0.4, 0.5) is 0 Å². The molecule has 5 nitrogen and oxygen atoms in total. The van der Waals surface area contributed by atoms with Gasteiger partial charge < -0.3 is 9.88 Å². The van der Waals surface area contributed by atoms with Crippen molar-refractivity contribution in [2.75, 3.05) is 19.6 Å². The van der Waals surface area contributed by atoms with Crippen LogP contribution in [0, 0.1) is 6.92 Å². The molecule has 0 amide bonds. The molecule has 27 heavy (non-hydrogen) atoms. The SMILES string of the molecule is Cc1[nH]c(C=c2c(=O)[nH][nH]c2=C2CC2)c(C(C)C)c1CCCN1CCCC1. The summed E-state index contributed by atoms with van der Waals surface area (Å²) in [6.07, 6.45) is 9.26. The highest BCUT2D eigenvalue weighted by Crippen LogP contribution is 2.29. The summed E-state index contributed by atoms with van der Waals surface area (Å²) < 4.78 is 0. The van der Waals surface area contributed by atoms with Gasteiger partial charge in [-0.15, -0.1) is 0 Å². The average molecular weight is 369 g/mol. The molecule has 1 saturated heterocycles. The largest absolute Gasteiger partial charge is 0.359 e. The van der Waals surface area contributed by atoms with Crippen molar-refractivity contribution in [2.45, 2.75) is 65.2 Å². The molecule has 3 N–H and O–H groups in total. The zero-order chi connectivity index (χ0) is 19.0. The first-order valence-electron chi connectivity index (χ1n) is 10.5. The van der Waals surface area contributed by atoms with Gasteiger partial charge in [-0.3, -0.25) is 15.0 Å². The van der Waals surface area contributed by atoms with Crippen molar-refractivity contribution in [3.05, 3.63) is 43.4 Å². The van der Waals surface area contributed by atoms with Crippen LogP contribution in [0.1, 0.15) is 74.4 Å². The maximum absolute atomic E-state index is 12.3. The number of aromatic nitrogens is 3. The normalized spacial score (nSPS) is 18.2. The third kappa shape index (κ3) is 3.84. The first-order chi connectivity index (χ1) is 13.0. The van der Waals surface area contributed by atoms with Crippen LogP contribution in [0.5, 0.6) is 0 Å². The highest BCUT2D eigenvalue weighted by Gasteiger charge is 2.19. The van der Waals surface area contributed by atoms with Crippen LogP contribution in [-0.4, -0.2) is 39.7 Å². The molecule has 0 radical (unpaired) electrons. The van der Waals surface area contributed by atoms with E-state index in [0.717, 1.165) is 35.5 Å². The van der Waals surface area contributed by atoms with Crippen LogP contribution in [-0.2, 0) is 6.42 Å². The van der Waals surface area contributed by atoms with Crippen LogP contribution in [0.15, 0.2) is 4.79 Å². The van der Waals surface area contributed by atoms with Gasteiger partial charge in [-0.05, 0) is 93.8 Å². The van der Waals surface area contributed by atoms with Gasteiger partial charge in [-0.1, -0.05) is 13.8 Å². The molecule has 0 spiro atoms. The molecule has 4 rings (SSSR count). The monoisotopic (exact) mass is 368 g/mol. The topological polar surface area (TPSA) is 67.7 Å². The second kappa shape index (κ2) is 7.55. The molecule has 0 aromatic carbocycles. The Morgan fingerprint density at radius 1 is 1.15 bits per heavy atom. The molecule has 2 aromatic rings. The summed E-state index contributed by atoms with van der Waals surface area (Å²) >= 11 is 0. The summed E-state index contributed by atoms with van der Waals surface area (Å²) in [6, 6.07) is 0. The molecule has 2 aliphatic rings. The van der Waals surface area contributed by atoms with Crippen molar-refractivity contribution in [1.82, 2.24) is 20.1 Å². The smallest absolute Gasteiger partial charge is 0.271 e. The van der Waals surface area contributed by atoms with Crippen molar-refractivity contribution in [1.29, 1.82) is 0 Å². The second-order valence-corrected chi connectivity index (χ2v) is 8.48. The lowest BCUT2D eigenvalue weighted by Gasteiger charge is -2.15. The third-order valence-corrected chi connectivity index (χ3v) is 6.02. The Labute approximate surface area is 160 Å². The lowest BCUT2D eigenvalue weighted by Crippen LogP contribution is -2.33. The third-order valence-electron chi connectivity index (χ3n) is 6.02. The number of aryl methyl sites for hydroxylation is 1. The fourth-order valence-electron chi connectivity index (χ4n) is 4.53. The van der Waals surface area contributed by atoms with Gasteiger partial charge >= 0.3 is 0 Å². The number of likely N-dealkylation sites (tertiary alicyclic amines) is 1. The van der Waals surface area contributed by atoms with E-state index >= 15 is 0 Å². The zero-order valence-electron chi connectivity index (χ0n) is 16.9. The van der Waals surface area contributed by atoms with Gasteiger partial charge in [-0.2, -0.15) is 0 Å². The fraction of sp³-hybridized carbons (Fsp3) is 0.591. The molecular formula is C22H32N4O. The van der Waals surface area contributed by atoms with Crippen molar-refractivity contribution < 1.29 is 0 Å². The number of hydrogen-bond donors (Lipinski definition) is 3. The van der Waals surface area contributed by atoms with E-state index in [1.54, 1.807) is 0 Å². The Balaban J connectivity index is 1.66. The minimum atomic E-state index is -0.0260. The summed E-state index contributed by atoms with van der Waals surface area (Å²) in [5.74, 6) is 0.429. The van der Waals surface area contributed by atoms with Crippen LogP contribution >= 0.6 is 0 Å². The minimum absolute atomic E-state index is 0.0260. The molecule has 2 fully saturated rings. The number of hydrogen-bond acceptors (Lipinski definition) is 2. The number of rotatable bonds is 6. The molecule has 146 valence electrons. The van der Waals surface area contributed by atoms with E-state index in [4.69, 9.17) is 0 Å². The molecule has 1 saturated carbocycles. The molecule has 5 heteroatoms. The summed E-state index contributed by atoms with van der Waals surface area (Å²) in [6.45, 7) is 10.4. The van der Waals surface area contributed by atoms with Gasteiger partial charge in [0, 0.05) is 11.4 Å². The Kier molecular flexibility index (Phi) is 5.13. The van der Waals surface area contributed by atoms with E-state index in [1.165, 1.54) is 61.3 Å². The summed E-state index contributed by atoms with van der Waals surface area (Å²) in [7, 11) is 0. The molecule has 0 bridgehead atoms. The minimum Gasteiger partial charge on any atom is -0.359 e. The van der Waals surface area contributed by atoms with Crippen molar-refractivity contribution in [2.24, 2.45) is 0 Å². The predicted octanol–water partition coefficient (Wildman–Crippen LogP) is 2.26. The maximum atomic E-state index is 12.3. The van der Waals surface area contributed by atoms with E-state index in [-0.39, 0.29) is 5.56 Å². The number of aromatic amines is 3. The summed E-state index contributed by atoms with van der Waals surface area (Å²) in [5.41, 5.74) is 6.50. The van der Waals surface area contributed by atoms with Gasteiger partial charge in [0.2, 0.25) is 0 Å². The number of nitrogens with one attached hydrogen (secondary N) is 3. The lowest BCUT2D eigenvalue weighted by molar-refractivity contribution is 0.334. The molecule has 1 aliphatic heterocycles. The van der Waals surface area contributed by atoms with Gasteiger partial charge in [0.25, 0.3) is 5.56 Å². The second-order valence-electron chi connectivity index (χ2n) is 8.48. The Hall–Kier alpha value is -2.01. The Morgan fingerprint density at radius 2 is 1.89 bits per heavy atom. The quantitative estimate of drug-likeness (QED) is 0.732. The molecule has 0 unspecified atom stereocenters. The van der Waals surface area contributed by atoms with Crippen LogP contribution < -0.4 is 16.1 Å². The van der Waals surface area contributed by atoms with Crippen molar-refractivity contribution in [3.63, 3.8) is 0 Å². The van der Waals surface area contributed by atoms with Crippen LogP contribution in [0.25, 0.3) is 11.6 Å². The van der Waals surface area contributed by atoms with Crippen LogP contribution in [0.2, 0.25) is 0 Å². The van der Waals surface area contributed by atoms with Gasteiger partial charge in [0.05, 0.1) is 10.6 Å². The number of H-pyrrole nitrogens is 3. The Bertz CT molecular complexity index is 977. The predicted molar refractivity (Wildman–Crippen MR) is 110 cm³/mol. The van der Waals surface area contributed by atoms with E-state index in [1.807, 2.05) is 0 Å². The summed E-state index contributed by atoms with van der Waals surface area (Å²) in [5, 5.41) is 7.60. The fourth-order valence-corrected chi connectivity index (χ4v) is 4.53. The van der Waals surface area contributed by atoms with E-state index in [0.29, 0.717) is 5.92 Å². The van der Waals surface area contributed by atoms with Gasteiger partial charge in [-0.25, -0.2) is 0 Å². The van der Waals surface area contributed by atoms with Crippen molar-refractivity contribution >= 4 is 11.6 Å². The average Bonchev–Trinajstić information content (AvgIpc) is 3.06. The molecule has 3 heterocycles. The molecule has 0 atom stereocenters. The van der Waals surface area contributed by atoms with Crippen molar-refractivity contribution in [3.8, 4) is 0 Å².